The molecule has 0 N–H and O–H groups in total. The summed E-state index contributed by atoms with van der Waals surface area (Å²) in [5.41, 5.74) is 3.72. The fraction of sp³-hybridized carbons (Fsp3) is 0.630. The lowest BCUT2D eigenvalue weighted by Gasteiger charge is -2.31. The maximum Gasteiger partial charge on any atom is 0.266 e. The van der Waals surface area contributed by atoms with Crippen molar-refractivity contribution in [3.8, 4) is 0 Å². The van der Waals surface area contributed by atoms with Gasteiger partial charge in [-0.15, -0.1) is 0 Å². The predicted molar refractivity (Wildman–Crippen MR) is 136 cm³/mol. The lowest BCUT2D eigenvalue weighted by Crippen LogP contribution is -2.41. The molecule has 2 saturated heterocycles. The summed E-state index contributed by atoms with van der Waals surface area (Å²) in [5.74, 6) is 0.180. The summed E-state index contributed by atoms with van der Waals surface area (Å²) in [6, 6.07) is 7.44. The molecule has 2 heterocycles. The molecule has 0 atom stereocenters. The second kappa shape index (κ2) is 10.0. The van der Waals surface area contributed by atoms with E-state index in [9.17, 15) is 4.79 Å². The highest BCUT2D eigenvalue weighted by Crippen LogP contribution is 2.39. The molecule has 0 bridgehead atoms. The van der Waals surface area contributed by atoms with Gasteiger partial charge in [0.2, 0.25) is 0 Å². The molecule has 32 heavy (non-hydrogen) atoms. The zero-order chi connectivity index (χ0) is 21.9. The van der Waals surface area contributed by atoms with Crippen molar-refractivity contribution in [2.75, 3.05) is 18.0 Å². The second-order valence-corrected chi connectivity index (χ2v) is 11.0. The summed E-state index contributed by atoms with van der Waals surface area (Å²) < 4.78 is 0. The first-order valence-corrected chi connectivity index (χ1v) is 13.7. The molecule has 2 aliphatic heterocycles. The number of carbonyl (C=O) groups is 1. The van der Waals surface area contributed by atoms with Crippen LogP contribution in [0.15, 0.2) is 28.1 Å². The largest absolute Gasteiger partial charge is 0.372 e. The van der Waals surface area contributed by atoms with Crippen LogP contribution in [0.2, 0.25) is 0 Å². The van der Waals surface area contributed by atoms with E-state index in [0.29, 0.717) is 12.1 Å². The Morgan fingerprint density at radius 1 is 0.938 bits per heavy atom. The Labute approximate surface area is 197 Å². The quantitative estimate of drug-likeness (QED) is 0.488. The van der Waals surface area contributed by atoms with Crippen LogP contribution < -0.4 is 4.90 Å². The predicted octanol–water partition coefficient (Wildman–Crippen LogP) is 6.53. The number of amides is 1. The molecule has 4 nitrogen and oxygen atoms in total. The molecule has 5 heteroatoms. The molecule has 5 rings (SSSR count). The van der Waals surface area contributed by atoms with Crippen molar-refractivity contribution in [1.29, 1.82) is 0 Å². The fourth-order valence-electron chi connectivity index (χ4n) is 5.74. The van der Waals surface area contributed by atoms with Gasteiger partial charge < -0.3 is 4.90 Å². The van der Waals surface area contributed by atoms with Gasteiger partial charge in [-0.1, -0.05) is 44.6 Å². The van der Waals surface area contributed by atoms with E-state index in [0.717, 1.165) is 41.6 Å². The van der Waals surface area contributed by atoms with Crippen LogP contribution in [0.4, 0.5) is 5.69 Å². The van der Waals surface area contributed by atoms with Crippen molar-refractivity contribution in [2.45, 2.75) is 96.1 Å². The molecule has 0 spiro atoms. The molecule has 172 valence electrons. The first kappa shape index (κ1) is 22.1. The molecule has 4 aliphatic rings. The first-order chi connectivity index (χ1) is 15.7. The number of aliphatic imine (C=N–C) groups is 1. The van der Waals surface area contributed by atoms with E-state index >= 15 is 0 Å². The fourth-order valence-corrected chi connectivity index (χ4v) is 6.84. The third kappa shape index (κ3) is 4.78. The van der Waals surface area contributed by atoms with E-state index in [4.69, 9.17) is 4.99 Å². The lowest BCUT2D eigenvalue weighted by molar-refractivity contribution is -0.124. The van der Waals surface area contributed by atoms with Crippen molar-refractivity contribution in [1.82, 2.24) is 4.90 Å². The van der Waals surface area contributed by atoms with E-state index in [-0.39, 0.29) is 5.91 Å². The zero-order valence-corrected chi connectivity index (χ0v) is 20.3. The third-order valence-corrected chi connectivity index (χ3v) is 8.65. The van der Waals surface area contributed by atoms with Crippen LogP contribution in [0.25, 0.3) is 6.08 Å². The Morgan fingerprint density at radius 3 is 2.31 bits per heavy atom. The van der Waals surface area contributed by atoms with Gasteiger partial charge in [-0.25, -0.2) is 0 Å². The molecule has 2 aliphatic carbocycles. The lowest BCUT2D eigenvalue weighted by atomic mass is 9.94. The Bertz CT molecular complexity index is 890. The van der Waals surface area contributed by atoms with Crippen LogP contribution in [-0.2, 0) is 4.79 Å². The smallest absolute Gasteiger partial charge is 0.266 e. The first-order valence-electron chi connectivity index (χ1n) is 12.9. The number of hydrogen-bond donors (Lipinski definition) is 0. The molecular weight excluding hydrogens is 414 g/mol. The highest BCUT2D eigenvalue weighted by atomic mass is 32.2. The second-order valence-electron chi connectivity index (χ2n) is 10.0. The van der Waals surface area contributed by atoms with Crippen molar-refractivity contribution in [2.24, 2.45) is 4.99 Å². The minimum atomic E-state index is 0.180. The van der Waals surface area contributed by atoms with Crippen molar-refractivity contribution in [3.05, 3.63) is 34.2 Å². The van der Waals surface area contributed by atoms with E-state index in [1.807, 2.05) is 0 Å². The number of thioether (sulfide) groups is 1. The van der Waals surface area contributed by atoms with Crippen LogP contribution >= 0.6 is 11.8 Å². The summed E-state index contributed by atoms with van der Waals surface area (Å²) in [7, 11) is 0. The van der Waals surface area contributed by atoms with Crippen molar-refractivity contribution >= 4 is 34.6 Å². The minimum absolute atomic E-state index is 0.180. The van der Waals surface area contributed by atoms with Gasteiger partial charge >= 0.3 is 0 Å². The maximum atomic E-state index is 13.6. The number of carbonyl (C=O) groups excluding carboxylic acids is 1. The van der Waals surface area contributed by atoms with Crippen molar-refractivity contribution in [3.63, 3.8) is 0 Å². The van der Waals surface area contributed by atoms with Crippen LogP contribution in [-0.4, -0.2) is 41.1 Å². The van der Waals surface area contributed by atoms with E-state index in [2.05, 4.69) is 41.0 Å². The van der Waals surface area contributed by atoms with Crippen LogP contribution in [0.3, 0.4) is 0 Å². The summed E-state index contributed by atoms with van der Waals surface area (Å²) in [6.45, 7) is 4.49. The standard InChI is InChI=1S/C27H37N3OS/c1-20-18-24(29-16-8-9-17-29)15-14-21(20)19-25-26(31)30(23-12-6-3-7-13-23)27(32-25)28-22-10-4-2-5-11-22/h14-15,18-19,22-23H,2-13,16-17H2,1H3/b25-19-,28-27?. The average Bonchev–Trinajstić information content (AvgIpc) is 3.45. The number of nitrogens with zero attached hydrogens (tertiary/aromatic N) is 3. The van der Waals surface area contributed by atoms with Gasteiger partial charge in [-0.2, -0.15) is 0 Å². The third-order valence-electron chi connectivity index (χ3n) is 7.66. The van der Waals surface area contributed by atoms with Gasteiger partial charge in [-0.05, 0) is 86.5 Å². The van der Waals surface area contributed by atoms with E-state index in [1.54, 1.807) is 11.8 Å². The highest BCUT2D eigenvalue weighted by molar-refractivity contribution is 8.18. The van der Waals surface area contributed by atoms with Gasteiger partial charge in [0.1, 0.15) is 0 Å². The SMILES string of the molecule is Cc1cc(N2CCCC2)ccc1/C=C1\SC(=NC2CCCCC2)N(C2CCCCC2)C1=O. The molecule has 0 radical (unpaired) electrons. The Balaban J connectivity index is 1.41. The number of amidine groups is 1. The van der Waals surface area contributed by atoms with Gasteiger partial charge in [0.15, 0.2) is 5.17 Å². The van der Waals surface area contributed by atoms with Gasteiger partial charge in [0.25, 0.3) is 5.91 Å². The van der Waals surface area contributed by atoms with E-state index in [1.165, 1.54) is 75.5 Å². The van der Waals surface area contributed by atoms with Crippen LogP contribution in [0, 0.1) is 6.92 Å². The Kier molecular flexibility index (Phi) is 6.91. The molecular formula is C27H37N3OS. The van der Waals surface area contributed by atoms with Crippen molar-refractivity contribution < 1.29 is 4.79 Å². The van der Waals surface area contributed by atoms with Gasteiger partial charge in [0, 0.05) is 24.8 Å². The number of benzene rings is 1. The summed E-state index contributed by atoms with van der Waals surface area (Å²) >= 11 is 1.62. The van der Waals surface area contributed by atoms with Crippen LogP contribution in [0.5, 0.6) is 0 Å². The summed E-state index contributed by atoms with van der Waals surface area (Å²) in [6.07, 6.45) is 16.9. The van der Waals surface area contributed by atoms with Crippen LogP contribution in [0.1, 0.15) is 88.2 Å². The number of aryl methyl sites for hydroxylation is 1. The number of rotatable bonds is 4. The number of anilines is 1. The maximum absolute atomic E-state index is 13.6. The number of hydrogen-bond acceptors (Lipinski definition) is 4. The summed E-state index contributed by atoms with van der Waals surface area (Å²) in [4.78, 5) is 24.2. The molecule has 1 amide bonds. The molecule has 1 aromatic rings. The topological polar surface area (TPSA) is 35.9 Å². The Morgan fingerprint density at radius 2 is 1.62 bits per heavy atom. The zero-order valence-electron chi connectivity index (χ0n) is 19.5. The molecule has 0 aromatic heterocycles. The highest BCUT2D eigenvalue weighted by Gasteiger charge is 2.39. The normalized spacial score (nSPS) is 26.1. The van der Waals surface area contributed by atoms with Gasteiger partial charge in [0.05, 0.1) is 10.9 Å². The van der Waals surface area contributed by atoms with E-state index < -0.39 is 0 Å². The summed E-state index contributed by atoms with van der Waals surface area (Å²) in [5, 5.41) is 0.978. The van der Waals surface area contributed by atoms with Gasteiger partial charge in [-0.3, -0.25) is 14.7 Å². The molecule has 4 fully saturated rings. The molecule has 1 aromatic carbocycles. The molecule has 0 unspecified atom stereocenters. The average molecular weight is 452 g/mol. The molecule has 2 saturated carbocycles. The minimum Gasteiger partial charge on any atom is -0.372 e. The Hall–Kier alpha value is -1.75. The monoisotopic (exact) mass is 451 g/mol.